The van der Waals surface area contributed by atoms with Crippen molar-refractivity contribution in [2.24, 2.45) is 0 Å². The Morgan fingerprint density at radius 3 is 1.62 bits per heavy atom. The van der Waals surface area contributed by atoms with E-state index < -0.39 is 44.0 Å². The lowest BCUT2D eigenvalue weighted by atomic mass is 10.0. The van der Waals surface area contributed by atoms with Crippen LogP contribution in [0.25, 0.3) is 0 Å². The second kappa shape index (κ2) is 16.7. The molecule has 16 heteroatoms. The summed E-state index contributed by atoms with van der Waals surface area (Å²) in [6.45, 7) is 3.93. The second-order valence-corrected chi connectivity index (χ2v) is 18.2. The van der Waals surface area contributed by atoms with E-state index in [1.807, 2.05) is 0 Å². The lowest BCUT2D eigenvalue weighted by Crippen LogP contribution is -2.36. The maximum atomic E-state index is 14.0. The topological polar surface area (TPSA) is 186 Å². The third-order valence-electron chi connectivity index (χ3n) is 10.5. The zero-order valence-electron chi connectivity index (χ0n) is 33.3. The minimum absolute atomic E-state index is 0.0172. The Hall–Kier alpha value is -6.39. The SMILES string of the molecule is COc1ccc(C)cc1S(=O)(=O)N1CCCc2ccc(C(=O)Nc3ccc(C(OC(=O)c4ccc5c(c4)N(S(=O)(=O)c4cc(C)ccc4OC)CCC5)C(=O)O)cc3)cc21. The molecule has 0 aliphatic carbocycles. The highest BCUT2D eigenvalue weighted by molar-refractivity contribution is 7.93. The molecule has 0 spiro atoms. The van der Waals surface area contributed by atoms with Gasteiger partial charge in [-0.15, -0.1) is 0 Å². The third kappa shape index (κ3) is 8.12. The first kappa shape index (κ1) is 41.8. The summed E-state index contributed by atoms with van der Waals surface area (Å²) in [6, 6.07) is 24.8. The number of esters is 1. The zero-order valence-corrected chi connectivity index (χ0v) is 34.9. The molecule has 2 aliphatic rings. The molecule has 7 rings (SSSR count). The Kier molecular flexibility index (Phi) is 11.6. The molecule has 0 fully saturated rings. The molecule has 2 aliphatic heterocycles. The number of fused-ring (bicyclic) bond motifs is 2. The van der Waals surface area contributed by atoms with Crippen LogP contribution in [0.1, 0.15) is 67.5 Å². The average molecular weight is 854 g/mol. The number of anilines is 3. The van der Waals surface area contributed by atoms with Gasteiger partial charge in [-0.25, -0.2) is 26.4 Å². The van der Waals surface area contributed by atoms with Crippen LogP contribution < -0.4 is 23.4 Å². The summed E-state index contributed by atoms with van der Waals surface area (Å²) < 4.78 is 74.6. The molecule has 1 amide bonds. The number of carbonyl (C=O) groups is 3. The highest BCUT2D eigenvalue weighted by Crippen LogP contribution is 2.38. The molecule has 0 saturated carbocycles. The normalized spacial score (nSPS) is 14.3. The number of carboxylic acid groups (broad SMARTS) is 1. The van der Waals surface area contributed by atoms with Gasteiger partial charge in [0.05, 0.1) is 31.2 Å². The van der Waals surface area contributed by atoms with Crippen LogP contribution in [0.5, 0.6) is 11.5 Å². The second-order valence-electron chi connectivity index (χ2n) is 14.6. The number of hydrogen-bond donors (Lipinski definition) is 2. The van der Waals surface area contributed by atoms with E-state index in [1.165, 1.54) is 71.4 Å². The van der Waals surface area contributed by atoms with Crippen molar-refractivity contribution in [1.82, 2.24) is 0 Å². The van der Waals surface area contributed by atoms with Crippen LogP contribution in [0, 0.1) is 13.8 Å². The summed E-state index contributed by atoms with van der Waals surface area (Å²) in [7, 11) is -5.38. The number of nitrogens with one attached hydrogen (secondary N) is 1. The molecule has 312 valence electrons. The Morgan fingerprint density at radius 2 is 1.13 bits per heavy atom. The number of aryl methyl sites for hydroxylation is 4. The largest absolute Gasteiger partial charge is 0.495 e. The predicted octanol–water partition coefficient (Wildman–Crippen LogP) is 6.84. The van der Waals surface area contributed by atoms with E-state index >= 15 is 0 Å². The van der Waals surface area contributed by atoms with E-state index in [-0.39, 0.29) is 56.8 Å². The van der Waals surface area contributed by atoms with Gasteiger partial charge in [0.2, 0.25) is 6.10 Å². The molecule has 2 heterocycles. The van der Waals surface area contributed by atoms with Crippen molar-refractivity contribution < 1.29 is 50.5 Å². The van der Waals surface area contributed by atoms with Crippen molar-refractivity contribution in [3.8, 4) is 11.5 Å². The number of methoxy groups -OCH3 is 2. The van der Waals surface area contributed by atoms with Crippen molar-refractivity contribution in [1.29, 1.82) is 0 Å². The van der Waals surface area contributed by atoms with Gasteiger partial charge in [0.1, 0.15) is 21.3 Å². The Labute approximate surface area is 348 Å². The average Bonchev–Trinajstić information content (AvgIpc) is 3.24. The number of aliphatic carboxylic acids is 1. The molecule has 1 atom stereocenters. The predicted molar refractivity (Wildman–Crippen MR) is 224 cm³/mol. The third-order valence-corrected chi connectivity index (χ3v) is 14.2. The molecule has 2 N–H and O–H groups in total. The van der Waals surface area contributed by atoms with Crippen molar-refractivity contribution >= 4 is 55.0 Å². The number of amides is 1. The first-order valence-corrected chi connectivity index (χ1v) is 22.0. The van der Waals surface area contributed by atoms with Gasteiger partial charge in [0.15, 0.2) is 0 Å². The van der Waals surface area contributed by atoms with Gasteiger partial charge in [-0.2, -0.15) is 0 Å². The Morgan fingerprint density at radius 1 is 0.650 bits per heavy atom. The summed E-state index contributed by atoms with van der Waals surface area (Å²) in [4.78, 5) is 39.4. The van der Waals surface area contributed by atoms with Crippen molar-refractivity contribution in [2.45, 2.75) is 55.4 Å². The number of carboxylic acids is 1. The lowest BCUT2D eigenvalue weighted by Gasteiger charge is -2.31. The smallest absolute Gasteiger partial charge is 0.349 e. The van der Waals surface area contributed by atoms with E-state index in [9.17, 15) is 36.3 Å². The molecule has 1 unspecified atom stereocenters. The molecule has 0 saturated heterocycles. The molecule has 14 nitrogen and oxygen atoms in total. The Balaban J connectivity index is 1.08. The molecular weight excluding hydrogens is 811 g/mol. The number of sulfonamides is 2. The monoisotopic (exact) mass is 853 g/mol. The molecular formula is C44H43N3O11S2. The van der Waals surface area contributed by atoms with Crippen molar-refractivity contribution in [3.05, 3.63) is 136 Å². The quantitative estimate of drug-likeness (QED) is 0.125. The van der Waals surface area contributed by atoms with E-state index in [0.29, 0.717) is 42.6 Å². The van der Waals surface area contributed by atoms with Crippen LogP contribution in [0.15, 0.2) is 107 Å². The van der Waals surface area contributed by atoms with Gasteiger partial charge in [0, 0.05) is 29.9 Å². The molecule has 5 aromatic carbocycles. The molecule has 60 heavy (non-hydrogen) atoms. The van der Waals surface area contributed by atoms with Crippen LogP contribution in [-0.2, 0) is 42.4 Å². The van der Waals surface area contributed by atoms with Crippen LogP contribution in [-0.4, -0.2) is 67.1 Å². The van der Waals surface area contributed by atoms with Crippen LogP contribution in [0.3, 0.4) is 0 Å². The standard InChI is InChI=1S/C44H43N3O11S2/c1-27-9-19-37(56-3)39(23-27)59(52,53)46-21-5-7-29-11-13-32(25-35(29)46)42(48)45-34-17-15-31(16-18-34)41(43(49)50)58-44(51)33-14-12-30-8-6-22-47(36(30)26-33)60(54,55)40-24-28(2)10-20-38(40)57-4/h9-20,23-26,41H,5-8,21-22H2,1-4H3,(H,45,48)(H,49,50). The van der Waals surface area contributed by atoms with Gasteiger partial charge in [-0.3, -0.25) is 13.4 Å². The number of benzene rings is 5. The van der Waals surface area contributed by atoms with Gasteiger partial charge in [0.25, 0.3) is 26.0 Å². The first-order valence-electron chi connectivity index (χ1n) is 19.1. The fourth-order valence-electron chi connectivity index (χ4n) is 7.44. The summed E-state index contributed by atoms with van der Waals surface area (Å²) >= 11 is 0. The van der Waals surface area contributed by atoms with Crippen LogP contribution in [0.2, 0.25) is 0 Å². The lowest BCUT2D eigenvalue weighted by molar-refractivity contribution is -0.147. The summed E-state index contributed by atoms with van der Waals surface area (Å²) in [5.74, 6) is -2.58. The fraction of sp³-hybridized carbons (Fsp3) is 0.250. The highest BCUT2D eigenvalue weighted by atomic mass is 32.2. The van der Waals surface area contributed by atoms with Crippen LogP contribution >= 0.6 is 0 Å². The maximum absolute atomic E-state index is 14.0. The fourth-order valence-corrected chi connectivity index (χ4v) is 11.0. The van der Waals surface area contributed by atoms with E-state index in [1.54, 1.807) is 62.4 Å². The van der Waals surface area contributed by atoms with Gasteiger partial charge >= 0.3 is 11.9 Å². The highest BCUT2D eigenvalue weighted by Gasteiger charge is 2.34. The molecule has 0 bridgehead atoms. The van der Waals surface area contributed by atoms with Gasteiger partial charge in [-0.1, -0.05) is 36.4 Å². The number of ether oxygens (including phenoxy) is 3. The van der Waals surface area contributed by atoms with Crippen LogP contribution in [0.4, 0.5) is 17.1 Å². The molecule has 5 aromatic rings. The maximum Gasteiger partial charge on any atom is 0.349 e. The van der Waals surface area contributed by atoms with Gasteiger partial charge < -0.3 is 24.6 Å². The van der Waals surface area contributed by atoms with Crippen molar-refractivity contribution in [2.75, 3.05) is 41.2 Å². The summed E-state index contributed by atoms with van der Waals surface area (Å²) in [5, 5.41) is 12.9. The van der Waals surface area contributed by atoms with Crippen molar-refractivity contribution in [3.63, 3.8) is 0 Å². The minimum Gasteiger partial charge on any atom is -0.495 e. The van der Waals surface area contributed by atoms with E-state index in [0.717, 1.165) is 16.7 Å². The molecule has 0 aromatic heterocycles. The first-order chi connectivity index (χ1) is 28.6. The molecule has 0 radical (unpaired) electrons. The van der Waals surface area contributed by atoms with Gasteiger partial charge in [-0.05, 0) is 122 Å². The minimum atomic E-state index is -4.12. The number of rotatable bonds is 12. The summed E-state index contributed by atoms with van der Waals surface area (Å²) in [6.07, 6.45) is 0.587. The number of hydrogen-bond acceptors (Lipinski definition) is 10. The number of nitrogens with zero attached hydrogens (tertiary/aromatic N) is 2. The number of carbonyl (C=O) groups excluding carboxylic acids is 2. The zero-order chi connectivity index (χ0) is 42.9. The van der Waals surface area contributed by atoms with E-state index in [4.69, 9.17) is 14.2 Å². The summed E-state index contributed by atoms with van der Waals surface area (Å²) in [5.41, 5.74) is 4.15. The Bertz CT molecular complexity index is 2740. The van der Waals surface area contributed by atoms with E-state index in [2.05, 4.69) is 5.32 Å².